The summed E-state index contributed by atoms with van der Waals surface area (Å²) in [5.41, 5.74) is 0.105. The first-order valence-corrected chi connectivity index (χ1v) is 7.29. The molecular weight excluding hydrogens is 266 g/mol. The lowest BCUT2D eigenvalue weighted by Gasteiger charge is -2.09. The molecule has 1 rings (SSSR count). The SMILES string of the molecule is CS(=O)(=O)CCCOc1c(F)cc(CO)cc1F. The number of hydrogen-bond acceptors (Lipinski definition) is 4. The van der Waals surface area contributed by atoms with Gasteiger partial charge in [0.2, 0.25) is 0 Å². The van der Waals surface area contributed by atoms with Crippen LogP contribution >= 0.6 is 0 Å². The van der Waals surface area contributed by atoms with E-state index in [-0.39, 0.29) is 24.3 Å². The van der Waals surface area contributed by atoms with E-state index in [9.17, 15) is 17.2 Å². The Kier molecular flexibility index (Phi) is 5.03. The molecule has 0 saturated carbocycles. The van der Waals surface area contributed by atoms with Gasteiger partial charge in [-0.3, -0.25) is 0 Å². The molecule has 1 N–H and O–H groups in total. The van der Waals surface area contributed by atoms with Gasteiger partial charge >= 0.3 is 0 Å². The Morgan fingerprint density at radius 3 is 2.28 bits per heavy atom. The Morgan fingerprint density at radius 2 is 1.83 bits per heavy atom. The zero-order valence-corrected chi connectivity index (χ0v) is 10.6. The summed E-state index contributed by atoms with van der Waals surface area (Å²) in [5, 5.41) is 8.74. The van der Waals surface area contributed by atoms with Crippen LogP contribution in [0.3, 0.4) is 0 Å². The summed E-state index contributed by atoms with van der Waals surface area (Å²) in [6.07, 6.45) is 1.23. The van der Waals surface area contributed by atoms with Gasteiger partial charge in [0.1, 0.15) is 9.84 Å². The van der Waals surface area contributed by atoms with Crippen molar-refractivity contribution in [3.63, 3.8) is 0 Å². The second-order valence-corrected chi connectivity index (χ2v) is 6.14. The normalized spacial score (nSPS) is 11.6. The zero-order valence-electron chi connectivity index (χ0n) is 9.82. The minimum Gasteiger partial charge on any atom is -0.488 e. The Bertz CT molecular complexity index is 491. The number of aliphatic hydroxyl groups is 1. The van der Waals surface area contributed by atoms with Crippen molar-refractivity contribution in [3.05, 3.63) is 29.3 Å². The van der Waals surface area contributed by atoms with Crippen molar-refractivity contribution in [2.45, 2.75) is 13.0 Å². The molecule has 1 aromatic rings. The number of rotatable bonds is 6. The summed E-state index contributed by atoms with van der Waals surface area (Å²) in [5.74, 6) is -2.50. The van der Waals surface area contributed by atoms with Gasteiger partial charge in [0.05, 0.1) is 19.0 Å². The van der Waals surface area contributed by atoms with Crippen LogP contribution in [0.2, 0.25) is 0 Å². The van der Waals surface area contributed by atoms with Crippen LogP contribution in [0.5, 0.6) is 5.75 Å². The largest absolute Gasteiger partial charge is 0.488 e. The van der Waals surface area contributed by atoms with E-state index in [1.54, 1.807) is 0 Å². The molecule has 1 aromatic carbocycles. The first kappa shape index (κ1) is 14.8. The van der Waals surface area contributed by atoms with E-state index in [4.69, 9.17) is 9.84 Å². The van der Waals surface area contributed by atoms with Gasteiger partial charge in [-0.05, 0) is 24.1 Å². The molecule has 0 heterocycles. The number of benzene rings is 1. The molecule has 0 fully saturated rings. The lowest BCUT2D eigenvalue weighted by Crippen LogP contribution is -2.09. The average Bonchev–Trinajstić information content (AvgIpc) is 2.25. The molecular formula is C11H14F2O4S. The van der Waals surface area contributed by atoms with Crippen molar-refractivity contribution in [1.29, 1.82) is 0 Å². The van der Waals surface area contributed by atoms with Crippen LogP contribution in [0.4, 0.5) is 8.78 Å². The average molecular weight is 280 g/mol. The Balaban J connectivity index is 2.63. The van der Waals surface area contributed by atoms with Crippen LogP contribution in [0.15, 0.2) is 12.1 Å². The molecule has 102 valence electrons. The summed E-state index contributed by atoms with van der Waals surface area (Å²) in [7, 11) is -3.11. The molecule has 0 amide bonds. The number of hydrogen-bond donors (Lipinski definition) is 1. The lowest BCUT2D eigenvalue weighted by atomic mass is 10.2. The van der Waals surface area contributed by atoms with E-state index >= 15 is 0 Å². The predicted octanol–water partition coefficient (Wildman–Crippen LogP) is 1.27. The molecule has 0 saturated heterocycles. The molecule has 7 heteroatoms. The van der Waals surface area contributed by atoms with Crippen molar-refractivity contribution in [3.8, 4) is 5.75 Å². The third-order valence-corrected chi connectivity index (χ3v) is 3.18. The fourth-order valence-corrected chi connectivity index (χ4v) is 1.98. The molecule has 0 aliphatic carbocycles. The van der Waals surface area contributed by atoms with Gasteiger partial charge < -0.3 is 9.84 Å². The second kappa shape index (κ2) is 6.10. The van der Waals surface area contributed by atoms with Crippen LogP contribution < -0.4 is 4.74 Å². The lowest BCUT2D eigenvalue weighted by molar-refractivity contribution is 0.272. The van der Waals surface area contributed by atoms with Crippen molar-refractivity contribution in [2.24, 2.45) is 0 Å². The minimum absolute atomic E-state index is 0.0978. The smallest absolute Gasteiger partial charge is 0.190 e. The second-order valence-electron chi connectivity index (χ2n) is 3.88. The maximum atomic E-state index is 13.4. The summed E-state index contributed by atoms with van der Waals surface area (Å²) >= 11 is 0. The number of halogens is 2. The van der Waals surface area contributed by atoms with E-state index in [2.05, 4.69) is 0 Å². The van der Waals surface area contributed by atoms with Gasteiger partial charge in [-0.15, -0.1) is 0 Å². The molecule has 0 unspecified atom stereocenters. The predicted molar refractivity (Wildman–Crippen MR) is 62.1 cm³/mol. The number of aliphatic hydroxyl groups excluding tert-OH is 1. The minimum atomic E-state index is -3.11. The van der Waals surface area contributed by atoms with Crippen LogP contribution in [-0.4, -0.2) is 32.1 Å². The van der Waals surface area contributed by atoms with Crippen molar-refractivity contribution < 1.29 is 27.0 Å². The Morgan fingerprint density at radius 1 is 1.28 bits per heavy atom. The van der Waals surface area contributed by atoms with Gasteiger partial charge in [-0.2, -0.15) is 0 Å². The highest BCUT2D eigenvalue weighted by molar-refractivity contribution is 7.90. The molecule has 0 aliphatic rings. The summed E-state index contributed by atoms with van der Waals surface area (Å²) < 4.78 is 53.3. The number of sulfone groups is 1. The van der Waals surface area contributed by atoms with Crippen LogP contribution in [-0.2, 0) is 16.4 Å². The van der Waals surface area contributed by atoms with Crippen molar-refractivity contribution in [2.75, 3.05) is 18.6 Å². The van der Waals surface area contributed by atoms with E-state index in [0.717, 1.165) is 18.4 Å². The third kappa shape index (κ3) is 4.58. The first-order chi connectivity index (χ1) is 8.33. The maximum absolute atomic E-state index is 13.4. The van der Waals surface area contributed by atoms with Crippen LogP contribution in [0.1, 0.15) is 12.0 Å². The van der Waals surface area contributed by atoms with Crippen LogP contribution in [0, 0.1) is 11.6 Å². The van der Waals surface area contributed by atoms with E-state index in [0.29, 0.717) is 0 Å². The highest BCUT2D eigenvalue weighted by Crippen LogP contribution is 2.23. The topological polar surface area (TPSA) is 63.6 Å². The summed E-state index contributed by atoms with van der Waals surface area (Å²) in [4.78, 5) is 0. The van der Waals surface area contributed by atoms with Crippen LogP contribution in [0.25, 0.3) is 0 Å². The van der Waals surface area contributed by atoms with Gasteiger partial charge in [0.25, 0.3) is 0 Å². The van der Waals surface area contributed by atoms with Gasteiger partial charge in [-0.1, -0.05) is 0 Å². The Labute approximate surface area is 104 Å². The standard InChI is InChI=1S/C11H14F2O4S/c1-18(15,16)4-2-3-17-11-9(12)5-8(7-14)6-10(11)13/h5-6,14H,2-4,7H2,1H3. The summed E-state index contributed by atoms with van der Waals surface area (Å²) in [6.45, 7) is -0.568. The van der Waals surface area contributed by atoms with Gasteiger partial charge in [0, 0.05) is 6.26 Å². The zero-order chi connectivity index (χ0) is 13.8. The number of ether oxygens (including phenoxy) is 1. The van der Waals surface area contributed by atoms with E-state index in [1.807, 2.05) is 0 Å². The highest BCUT2D eigenvalue weighted by Gasteiger charge is 2.12. The fraction of sp³-hybridized carbons (Fsp3) is 0.455. The molecule has 0 spiro atoms. The van der Waals surface area contributed by atoms with Gasteiger partial charge in [0.15, 0.2) is 17.4 Å². The first-order valence-electron chi connectivity index (χ1n) is 5.23. The third-order valence-electron chi connectivity index (χ3n) is 2.15. The summed E-state index contributed by atoms with van der Waals surface area (Å²) in [6, 6.07) is 1.93. The van der Waals surface area contributed by atoms with E-state index < -0.39 is 33.8 Å². The van der Waals surface area contributed by atoms with Crippen molar-refractivity contribution in [1.82, 2.24) is 0 Å². The van der Waals surface area contributed by atoms with E-state index in [1.165, 1.54) is 0 Å². The maximum Gasteiger partial charge on any atom is 0.190 e. The quantitative estimate of drug-likeness (QED) is 0.797. The monoisotopic (exact) mass is 280 g/mol. The highest BCUT2D eigenvalue weighted by atomic mass is 32.2. The van der Waals surface area contributed by atoms with Gasteiger partial charge in [-0.25, -0.2) is 17.2 Å². The molecule has 0 aromatic heterocycles. The van der Waals surface area contributed by atoms with Crippen molar-refractivity contribution >= 4 is 9.84 Å². The molecule has 0 radical (unpaired) electrons. The molecule has 0 aliphatic heterocycles. The fourth-order valence-electron chi connectivity index (χ4n) is 1.34. The molecule has 18 heavy (non-hydrogen) atoms. The molecule has 0 bridgehead atoms. The molecule has 0 atom stereocenters. The molecule has 4 nitrogen and oxygen atoms in total. The Hall–Kier alpha value is -1.21.